The molecule has 9 nitrogen and oxygen atoms in total. The van der Waals surface area contributed by atoms with Gasteiger partial charge < -0.3 is 0 Å². The molecule has 122 valence electrons. The quantitative estimate of drug-likeness (QED) is 0.402. The first-order valence-corrected chi connectivity index (χ1v) is 8.11. The Balaban J connectivity index is 2.17. The topological polar surface area (TPSA) is 104 Å². The first kappa shape index (κ1) is 16.4. The van der Waals surface area contributed by atoms with Gasteiger partial charge in [0.25, 0.3) is 6.33 Å². The zero-order chi connectivity index (χ0) is 16.6. The van der Waals surface area contributed by atoms with Crippen molar-refractivity contribution in [3.63, 3.8) is 0 Å². The van der Waals surface area contributed by atoms with E-state index in [4.69, 9.17) is 0 Å². The van der Waals surface area contributed by atoms with Crippen LogP contribution in [-0.4, -0.2) is 35.3 Å². The molecule has 0 unspecified atom stereocenters. The molecule has 0 saturated carbocycles. The van der Waals surface area contributed by atoms with Gasteiger partial charge in [-0.05, 0) is 0 Å². The third-order valence-corrected chi connectivity index (χ3v) is 4.80. The summed E-state index contributed by atoms with van der Waals surface area (Å²) < 4.78 is 87.7. The van der Waals surface area contributed by atoms with Gasteiger partial charge in [-0.15, -0.1) is 3.97 Å². The van der Waals surface area contributed by atoms with Crippen LogP contribution in [0.15, 0.2) is 37.4 Å². The van der Waals surface area contributed by atoms with Crippen LogP contribution >= 0.6 is 0 Å². The predicted molar refractivity (Wildman–Crippen MR) is 62.6 cm³/mol. The van der Waals surface area contributed by atoms with Gasteiger partial charge in [0.15, 0.2) is 0 Å². The number of nitrogens with zero attached hydrogens (tertiary/aromatic N) is 4. The molecule has 0 N–H and O–H groups in total. The Labute approximate surface area is 122 Å². The number of rotatable bonds is 5. The monoisotopic (exact) mass is 361 g/mol. The van der Waals surface area contributed by atoms with Crippen molar-refractivity contribution in [3.8, 4) is 0 Å². The van der Waals surface area contributed by atoms with Crippen LogP contribution in [0.3, 0.4) is 0 Å². The smallest absolute Gasteiger partial charge is 0.244 e. The van der Waals surface area contributed by atoms with E-state index < -0.39 is 32.6 Å². The van der Waals surface area contributed by atoms with Crippen LogP contribution in [0.5, 0.6) is 0 Å². The average molecular weight is 361 g/mol. The molecule has 22 heavy (non-hydrogen) atoms. The van der Waals surface area contributed by atoms with Gasteiger partial charge in [0.1, 0.15) is 18.7 Å². The maximum atomic E-state index is 12.1. The number of hydrogen-bond acceptors (Lipinski definition) is 6. The first-order chi connectivity index (χ1) is 10.0. The second-order valence-corrected chi connectivity index (χ2v) is 7.15. The van der Waals surface area contributed by atoms with Crippen LogP contribution in [0, 0.1) is 0 Å². The van der Waals surface area contributed by atoms with Gasteiger partial charge in [0.2, 0.25) is 6.73 Å². The summed E-state index contributed by atoms with van der Waals surface area (Å²) in [6.45, 7) is -1.03. The highest BCUT2D eigenvalue weighted by atomic mass is 32.2. The van der Waals surface area contributed by atoms with Crippen molar-refractivity contribution in [1.82, 2.24) is 12.9 Å². The van der Waals surface area contributed by atoms with Crippen LogP contribution in [0.2, 0.25) is 0 Å². The lowest BCUT2D eigenvalue weighted by atomic mass is 10.9. The lowest BCUT2D eigenvalue weighted by Crippen LogP contribution is -2.37. The van der Waals surface area contributed by atoms with Gasteiger partial charge in [0, 0.05) is 12.4 Å². The minimum atomic E-state index is -5.76. The molecular formula is C8H8F3N4O5S2+. The van der Waals surface area contributed by atoms with E-state index in [0.717, 1.165) is 39.8 Å². The van der Waals surface area contributed by atoms with E-state index >= 15 is 0 Å². The van der Waals surface area contributed by atoms with Crippen molar-refractivity contribution in [2.24, 2.45) is 0 Å². The van der Waals surface area contributed by atoms with Gasteiger partial charge in [-0.1, -0.05) is 0 Å². The fourth-order valence-electron chi connectivity index (χ4n) is 1.28. The molecule has 0 aliphatic carbocycles. The van der Waals surface area contributed by atoms with Crippen LogP contribution < -0.4 is 4.57 Å². The Morgan fingerprint density at radius 2 is 1.82 bits per heavy atom. The zero-order valence-corrected chi connectivity index (χ0v) is 12.1. The molecule has 0 saturated heterocycles. The first-order valence-electron chi connectivity index (χ1n) is 5.31. The second kappa shape index (κ2) is 5.36. The maximum absolute atomic E-state index is 12.1. The van der Waals surface area contributed by atoms with Crippen molar-refractivity contribution < 1.29 is 38.8 Å². The highest BCUT2D eigenvalue weighted by Crippen LogP contribution is 2.24. The van der Waals surface area contributed by atoms with E-state index in [1.165, 1.54) is 6.20 Å². The summed E-state index contributed by atoms with van der Waals surface area (Å²) in [5, 5.41) is 0. The lowest BCUT2D eigenvalue weighted by Gasteiger charge is -2.06. The van der Waals surface area contributed by atoms with E-state index in [-0.39, 0.29) is 0 Å². The Morgan fingerprint density at radius 1 is 1.14 bits per heavy atom. The minimum Gasteiger partial charge on any atom is -0.244 e. The van der Waals surface area contributed by atoms with E-state index in [2.05, 4.69) is 9.17 Å². The van der Waals surface area contributed by atoms with Crippen molar-refractivity contribution in [1.29, 1.82) is 0 Å². The summed E-state index contributed by atoms with van der Waals surface area (Å²) in [7, 11) is -9.79. The predicted octanol–water partition coefficient (Wildman–Crippen LogP) is -0.563. The fourth-order valence-corrected chi connectivity index (χ4v) is 2.72. The van der Waals surface area contributed by atoms with Crippen LogP contribution in [0.1, 0.15) is 0 Å². The SMILES string of the molecule is O=S(=O)(n1ccnc1)n1cc[n+](COS(=O)(=O)C(F)(F)F)c1. The molecular weight excluding hydrogens is 353 g/mol. The molecule has 0 fully saturated rings. The largest absolute Gasteiger partial charge is 0.523 e. The van der Waals surface area contributed by atoms with Gasteiger partial charge in [0.05, 0.1) is 0 Å². The summed E-state index contributed by atoms with van der Waals surface area (Å²) in [6.07, 6.45) is 6.24. The average Bonchev–Trinajstić information content (AvgIpc) is 3.07. The van der Waals surface area contributed by atoms with Crippen LogP contribution in [0.4, 0.5) is 13.2 Å². The summed E-state index contributed by atoms with van der Waals surface area (Å²) in [5.41, 5.74) is -5.56. The standard InChI is InChI=1S/C8H8F3N4O5S2/c9-8(10,11)21(16,17)20-7-13-3-4-15(6-13)22(18,19)14-2-1-12-5-14/h1-6H,7H2/q+1. The molecule has 14 heteroatoms. The fraction of sp³-hybridized carbons (Fsp3) is 0.250. The molecule has 0 aliphatic rings. The van der Waals surface area contributed by atoms with Crippen LogP contribution in [-0.2, 0) is 31.2 Å². The van der Waals surface area contributed by atoms with E-state index in [1.54, 1.807) is 0 Å². The van der Waals surface area contributed by atoms with Crippen molar-refractivity contribution in [2.45, 2.75) is 12.2 Å². The van der Waals surface area contributed by atoms with Gasteiger partial charge in [-0.25, -0.2) is 13.7 Å². The van der Waals surface area contributed by atoms with Gasteiger partial charge >= 0.3 is 25.8 Å². The summed E-state index contributed by atoms with van der Waals surface area (Å²) in [6, 6.07) is 0. The van der Waals surface area contributed by atoms with Gasteiger partial charge in [-0.2, -0.15) is 34.0 Å². The minimum absolute atomic E-state index is 0.651. The number of halogens is 3. The van der Waals surface area contributed by atoms with Crippen molar-refractivity contribution in [3.05, 3.63) is 37.4 Å². The summed E-state index contributed by atoms with van der Waals surface area (Å²) in [4.78, 5) is 3.55. The maximum Gasteiger partial charge on any atom is 0.523 e. The molecule has 2 aromatic heterocycles. The number of alkyl halides is 3. The summed E-state index contributed by atoms with van der Waals surface area (Å²) in [5.74, 6) is 0. The Bertz CT molecular complexity index is 854. The zero-order valence-electron chi connectivity index (χ0n) is 10.5. The van der Waals surface area contributed by atoms with Crippen LogP contribution in [0.25, 0.3) is 0 Å². The molecule has 0 bridgehead atoms. The highest BCUT2D eigenvalue weighted by Gasteiger charge is 2.47. The Hall–Kier alpha value is -1.93. The molecule has 0 aliphatic heterocycles. The normalized spacial score (nSPS) is 13.4. The highest BCUT2D eigenvalue weighted by molar-refractivity contribution is 7.88. The van der Waals surface area contributed by atoms with E-state index in [9.17, 15) is 30.0 Å². The second-order valence-electron chi connectivity index (χ2n) is 3.80. The third-order valence-electron chi connectivity index (χ3n) is 2.32. The van der Waals surface area contributed by atoms with E-state index in [1.807, 2.05) is 0 Å². The van der Waals surface area contributed by atoms with E-state index in [0.29, 0.717) is 3.97 Å². The molecule has 0 atom stereocenters. The molecule has 0 spiro atoms. The molecule has 0 amide bonds. The van der Waals surface area contributed by atoms with Gasteiger partial charge in [-0.3, -0.25) is 0 Å². The third kappa shape index (κ3) is 3.12. The number of imidazole rings is 2. The lowest BCUT2D eigenvalue weighted by molar-refractivity contribution is -0.723. The summed E-state index contributed by atoms with van der Waals surface area (Å²) >= 11 is 0. The van der Waals surface area contributed by atoms with Crippen molar-refractivity contribution >= 4 is 20.3 Å². The Kier molecular flexibility index (Phi) is 4.01. The molecule has 2 aromatic rings. The molecule has 2 rings (SSSR count). The molecule has 0 radical (unpaired) electrons. The molecule has 2 heterocycles. The number of hydrogen-bond donors (Lipinski definition) is 0. The Morgan fingerprint density at radius 3 is 2.36 bits per heavy atom. The van der Waals surface area contributed by atoms with Crippen molar-refractivity contribution in [2.75, 3.05) is 0 Å². The number of aromatic nitrogens is 4. The molecule has 0 aromatic carbocycles.